The number of aliphatic hydroxyl groups excluding tert-OH is 1. The lowest BCUT2D eigenvalue weighted by atomic mass is 10.0. The van der Waals surface area contributed by atoms with E-state index in [-0.39, 0.29) is 25.7 Å². The third kappa shape index (κ3) is 72.2. The number of carbonyl (C=O) groups is 4. The molecule has 0 aliphatic rings. The number of hydrogen-bond acceptors (Lipinski definition) is 15. The average Bonchev–Trinajstić information content (AvgIpc) is 1.46. The van der Waals surface area contributed by atoms with Crippen LogP contribution in [0.2, 0.25) is 0 Å². The first-order valence-corrected chi connectivity index (χ1v) is 43.5. The van der Waals surface area contributed by atoms with Gasteiger partial charge in [-0.1, -0.05) is 356 Å². The van der Waals surface area contributed by atoms with Crippen LogP contribution >= 0.6 is 15.6 Å². The minimum atomic E-state index is -4.96. The summed E-state index contributed by atoms with van der Waals surface area (Å²) in [4.78, 5) is 72.8. The molecule has 0 aromatic carbocycles. The Morgan fingerprint density at radius 1 is 0.278 bits per heavy atom. The predicted molar refractivity (Wildman–Crippen MR) is 395 cm³/mol. The first-order chi connectivity index (χ1) is 46.9. The Labute approximate surface area is 594 Å². The highest BCUT2D eigenvalue weighted by atomic mass is 31.2. The van der Waals surface area contributed by atoms with Crippen LogP contribution in [-0.4, -0.2) is 96.7 Å². The summed E-state index contributed by atoms with van der Waals surface area (Å²) in [6.45, 7) is 9.56. The SMILES string of the molecule is CCCCCCCCCCCCCCCCCCCC(=O)OC[C@H](COP(=O)(O)OC[C@@H](O)COP(=O)(O)OC[C@@H](COC(=O)CCCCCCCCCCC)OC(=O)CCCCCCCCCC(C)C)OC(=O)CCCCCCCCCCCCCCCCCCCCC(C)C. The summed E-state index contributed by atoms with van der Waals surface area (Å²) in [6.07, 6.45) is 58.5. The maximum absolute atomic E-state index is 13.1. The van der Waals surface area contributed by atoms with Gasteiger partial charge in [-0.25, -0.2) is 9.13 Å². The standard InChI is InChI=1S/C78H152O17P2/c1-7-9-11-13-15-17-18-19-20-23-27-30-33-37-43-49-55-61-76(81)89-66-73(94-77(82)62-56-50-44-38-34-31-28-25-22-21-24-26-29-32-36-40-46-52-58-70(3)4)68-92-96(84,85)90-64-72(79)65-91-97(86,87)93-69-74(67-88-75(80)60-54-48-42-35-16-14-12-10-8-2)95-78(83)63-57-51-45-39-41-47-53-59-71(5)6/h70-74,79H,7-69H2,1-6H3,(H,84,85)(H,86,87)/t72-,73-,74-/m1/s1. The number of carbonyl (C=O) groups excluding carboxylic acids is 4. The van der Waals surface area contributed by atoms with Crippen LogP contribution in [0.4, 0.5) is 0 Å². The van der Waals surface area contributed by atoms with Gasteiger partial charge in [-0.15, -0.1) is 0 Å². The Kier molecular flexibility index (Phi) is 68.4. The van der Waals surface area contributed by atoms with E-state index in [4.69, 9.17) is 37.0 Å². The maximum atomic E-state index is 13.1. The summed E-state index contributed by atoms with van der Waals surface area (Å²) in [5.41, 5.74) is 0. The van der Waals surface area contributed by atoms with Gasteiger partial charge >= 0.3 is 39.5 Å². The molecule has 0 saturated heterocycles. The number of ether oxygens (including phenoxy) is 4. The van der Waals surface area contributed by atoms with Crippen LogP contribution in [0.15, 0.2) is 0 Å². The van der Waals surface area contributed by atoms with Gasteiger partial charge < -0.3 is 33.8 Å². The summed E-state index contributed by atoms with van der Waals surface area (Å²) < 4.78 is 68.5. The van der Waals surface area contributed by atoms with Gasteiger partial charge in [0.05, 0.1) is 26.4 Å². The van der Waals surface area contributed by atoms with Crippen molar-refractivity contribution in [2.45, 2.75) is 426 Å². The molecule has 19 heteroatoms. The molecule has 0 radical (unpaired) electrons. The molecule has 0 aliphatic carbocycles. The Morgan fingerprint density at radius 2 is 0.474 bits per heavy atom. The molecule has 0 amide bonds. The van der Waals surface area contributed by atoms with Crippen molar-refractivity contribution < 1.29 is 80.2 Å². The van der Waals surface area contributed by atoms with E-state index in [0.717, 1.165) is 95.8 Å². The second-order valence-corrected chi connectivity index (χ2v) is 32.0. The molecular weight excluding hydrogens is 1270 g/mol. The van der Waals surface area contributed by atoms with E-state index >= 15 is 0 Å². The average molecular weight is 1420 g/mol. The Morgan fingerprint density at radius 3 is 0.701 bits per heavy atom. The van der Waals surface area contributed by atoms with Crippen LogP contribution in [0.5, 0.6) is 0 Å². The number of aliphatic hydroxyl groups is 1. The summed E-state index contributed by atoms with van der Waals surface area (Å²) in [5, 5.41) is 10.6. The fraction of sp³-hybridized carbons (Fsp3) is 0.949. The fourth-order valence-corrected chi connectivity index (χ4v) is 13.6. The molecular formula is C78H152O17P2. The van der Waals surface area contributed by atoms with Gasteiger partial charge in [0.25, 0.3) is 0 Å². The van der Waals surface area contributed by atoms with Crippen molar-refractivity contribution >= 4 is 39.5 Å². The van der Waals surface area contributed by atoms with E-state index in [1.165, 1.54) is 225 Å². The monoisotopic (exact) mass is 1420 g/mol. The van der Waals surface area contributed by atoms with E-state index in [0.29, 0.717) is 31.6 Å². The van der Waals surface area contributed by atoms with Crippen LogP contribution < -0.4 is 0 Å². The van der Waals surface area contributed by atoms with Crippen molar-refractivity contribution in [1.29, 1.82) is 0 Å². The highest BCUT2D eigenvalue weighted by Gasteiger charge is 2.30. The quantitative estimate of drug-likeness (QED) is 0.0222. The zero-order valence-corrected chi connectivity index (χ0v) is 65.2. The van der Waals surface area contributed by atoms with E-state index < -0.39 is 97.5 Å². The minimum absolute atomic E-state index is 0.104. The lowest BCUT2D eigenvalue weighted by molar-refractivity contribution is -0.161. The van der Waals surface area contributed by atoms with Crippen LogP contribution in [0.25, 0.3) is 0 Å². The minimum Gasteiger partial charge on any atom is -0.462 e. The first-order valence-electron chi connectivity index (χ1n) is 40.5. The summed E-state index contributed by atoms with van der Waals surface area (Å²) >= 11 is 0. The van der Waals surface area contributed by atoms with Crippen molar-refractivity contribution in [1.82, 2.24) is 0 Å². The second-order valence-electron chi connectivity index (χ2n) is 29.1. The smallest absolute Gasteiger partial charge is 0.462 e. The molecule has 0 aromatic heterocycles. The lowest BCUT2D eigenvalue weighted by Gasteiger charge is -2.21. The number of unbranched alkanes of at least 4 members (excludes halogenated alkanes) is 47. The molecule has 17 nitrogen and oxygen atoms in total. The Hall–Kier alpha value is -1.94. The van der Waals surface area contributed by atoms with E-state index in [2.05, 4.69) is 41.5 Å². The largest absolute Gasteiger partial charge is 0.472 e. The summed E-state index contributed by atoms with van der Waals surface area (Å²) in [7, 11) is -9.91. The predicted octanol–water partition coefficient (Wildman–Crippen LogP) is 23.1. The summed E-state index contributed by atoms with van der Waals surface area (Å²) in [6, 6.07) is 0. The van der Waals surface area contributed by atoms with Gasteiger partial charge in [0.2, 0.25) is 0 Å². The molecule has 0 saturated carbocycles. The molecule has 0 fully saturated rings. The zero-order valence-electron chi connectivity index (χ0n) is 63.4. The number of esters is 4. The number of phosphoric acid groups is 2. The lowest BCUT2D eigenvalue weighted by Crippen LogP contribution is -2.30. The highest BCUT2D eigenvalue weighted by molar-refractivity contribution is 7.47. The summed E-state index contributed by atoms with van der Waals surface area (Å²) in [5.74, 6) is -0.600. The molecule has 0 spiro atoms. The second kappa shape index (κ2) is 69.8. The van der Waals surface area contributed by atoms with Crippen molar-refractivity contribution in [3.8, 4) is 0 Å². The molecule has 576 valence electrons. The van der Waals surface area contributed by atoms with Gasteiger partial charge in [0.1, 0.15) is 19.3 Å². The molecule has 2 unspecified atom stereocenters. The Bertz CT molecular complexity index is 1870. The van der Waals surface area contributed by atoms with Gasteiger partial charge in [-0.05, 0) is 37.5 Å². The van der Waals surface area contributed by atoms with E-state index in [9.17, 15) is 43.2 Å². The molecule has 0 rings (SSSR count). The van der Waals surface area contributed by atoms with Crippen molar-refractivity contribution in [2.75, 3.05) is 39.6 Å². The van der Waals surface area contributed by atoms with E-state index in [1.54, 1.807) is 0 Å². The molecule has 97 heavy (non-hydrogen) atoms. The van der Waals surface area contributed by atoms with Gasteiger partial charge in [-0.2, -0.15) is 0 Å². The van der Waals surface area contributed by atoms with Crippen LogP contribution in [0.3, 0.4) is 0 Å². The number of rotatable bonds is 77. The topological polar surface area (TPSA) is 237 Å². The normalized spacial score (nSPS) is 14.0. The maximum Gasteiger partial charge on any atom is 0.472 e. The fourth-order valence-electron chi connectivity index (χ4n) is 12.0. The van der Waals surface area contributed by atoms with Gasteiger partial charge in [0.15, 0.2) is 12.2 Å². The third-order valence-corrected chi connectivity index (χ3v) is 20.1. The number of hydrogen-bond donors (Lipinski definition) is 3. The highest BCUT2D eigenvalue weighted by Crippen LogP contribution is 2.45. The molecule has 0 aromatic rings. The van der Waals surface area contributed by atoms with Crippen LogP contribution in [-0.2, 0) is 65.4 Å². The van der Waals surface area contributed by atoms with Crippen LogP contribution in [0, 0.1) is 11.8 Å². The van der Waals surface area contributed by atoms with Crippen molar-refractivity contribution in [3.05, 3.63) is 0 Å². The molecule has 3 N–H and O–H groups in total. The van der Waals surface area contributed by atoms with E-state index in [1.807, 2.05) is 0 Å². The van der Waals surface area contributed by atoms with Gasteiger partial charge in [-0.3, -0.25) is 37.3 Å². The Balaban J connectivity index is 5.18. The van der Waals surface area contributed by atoms with Crippen molar-refractivity contribution in [3.63, 3.8) is 0 Å². The van der Waals surface area contributed by atoms with Crippen LogP contribution in [0.1, 0.15) is 408 Å². The molecule has 5 atom stereocenters. The third-order valence-electron chi connectivity index (χ3n) is 18.2. The van der Waals surface area contributed by atoms with Crippen molar-refractivity contribution in [2.24, 2.45) is 11.8 Å². The first kappa shape index (κ1) is 95.1. The molecule has 0 bridgehead atoms. The zero-order chi connectivity index (χ0) is 71.4. The molecule has 0 aliphatic heterocycles. The molecule has 0 heterocycles. The van der Waals surface area contributed by atoms with Gasteiger partial charge in [0, 0.05) is 25.7 Å². The number of phosphoric ester groups is 2.